The van der Waals surface area contributed by atoms with Gasteiger partial charge < -0.3 is 4.74 Å². The quantitative estimate of drug-likeness (QED) is 0.484. The zero-order valence-electron chi connectivity index (χ0n) is 13.7. The Labute approximate surface area is 131 Å². The van der Waals surface area contributed by atoms with Gasteiger partial charge in [-0.05, 0) is 45.4 Å². The molecule has 2 aliphatic rings. The summed E-state index contributed by atoms with van der Waals surface area (Å²) in [4.78, 5) is 11.8. The maximum Gasteiger partial charge on any atom is 0.333 e. The fourth-order valence-electron chi connectivity index (χ4n) is 3.60. The molecular formula is C17H27NO2S. The molecule has 4 heteroatoms. The molecule has 2 heterocycles. The highest BCUT2D eigenvalue weighted by molar-refractivity contribution is 8.20. The number of carbonyl (C=O) groups is 1. The molecule has 0 aliphatic carbocycles. The first-order chi connectivity index (χ1) is 9.63. The number of hydrogen-bond donors (Lipinski definition) is 1. The molecule has 1 fully saturated rings. The van der Waals surface area contributed by atoms with E-state index in [1.54, 1.807) is 6.92 Å². The van der Waals surface area contributed by atoms with E-state index in [2.05, 4.69) is 61.5 Å². The van der Waals surface area contributed by atoms with E-state index in [1.165, 1.54) is 0 Å². The van der Waals surface area contributed by atoms with Crippen molar-refractivity contribution < 1.29 is 9.53 Å². The first-order valence-electron chi connectivity index (χ1n) is 7.43. The number of piperidine rings is 1. The van der Waals surface area contributed by atoms with Gasteiger partial charge in [-0.3, -0.25) is 4.31 Å². The minimum Gasteiger partial charge on any atom is -0.459 e. The SMILES string of the molecule is C=C(C)C(=O)OC1CC(C)(C)N([SH]2C=CC=C2)C(C)(C)C1. The van der Waals surface area contributed by atoms with Crippen molar-refractivity contribution in [3.63, 3.8) is 0 Å². The molecule has 0 aromatic rings. The van der Waals surface area contributed by atoms with Gasteiger partial charge in [0.05, 0.1) is 0 Å². The molecule has 2 aliphatic heterocycles. The molecule has 0 radical (unpaired) electrons. The summed E-state index contributed by atoms with van der Waals surface area (Å²) >= 11 is -0.377. The summed E-state index contributed by atoms with van der Waals surface area (Å²) in [5.41, 5.74) is 0.456. The van der Waals surface area contributed by atoms with Crippen LogP contribution in [0.1, 0.15) is 47.5 Å². The second-order valence-electron chi connectivity index (χ2n) is 7.22. The van der Waals surface area contributed by atoms with Gasteiger partial charge in [0.25, 0.3) is 0 Å². The Kier molecular flexibility index (Phi) is 4.41. The third-order valence-electron chi connectivity index (χ3n) is 4.04. The van der Waals surface area contributed by atoms with Crippen molar-refractivity contribution in [1.29, 1.82) is 0 Å². The highest BCUT2D eigenvalue weighted by Gasteiger charge is 2.48. The summed E-state index contributed by atoms with van der Waals surface area (Å²) in [6.07, 6.45) is 5.93. The first-order valence-corrected chi connectivity index (χ1v) is 8.87. The Balaban J connectivity index is 2.19. The van der Waals surface area contributed by atoms with Gasteiger partial charge in [-0.2, -0.15) is 11.1 Å². The summed E-state index contributed by atoms with van der Waals surface area (Å²) in [6, 6.07) is 0. The minimum atomic E-state index is -0.377. The van der Waals surface area contributed by atoms with E-state index >= 15 is 0 Å². The maximum absolute atomic E-state index is 11.8. The van der Waals surface area contributed by atoms with Gasteiger partial charge in [-0.15, -0.1) is 0 Å². The first kappa shape index (κ1) is 16.4. The van der Waals surface area contributed by atoms with Crippen molar-refractivity contribution >= 4 is 17.1 Å². The molecule has 21 heavy (non-hydrogen) atoms. The van der Waals surface area contributed by atoms with Crippen LogP contribution in [0.4, 0.5) is 0 Å². The molecule has 0 spiro atoms. The Morgan fingerprint density at radius 2 is 1.67 bits per heavy atom. The smallest absolute Gasteiger partial charge is 0.333 e. The van der Waals surface area contributed by atoms with E-state index in [0.717, 1.165) is 12.8 Å². The lowest BCUT2D eigenvalue weighted by molar-refractivity contribution is -0.150. The monoisotopic (exact) mass is 309 g/mol. The standard InChI is InChI=1S/C17H27NO2S/c1-13(2)15(19)20-14-11-16(3,4)18(17(5,6)12-14)21-9-7-8-10-21/h7-10,14,21H,1,11-12H2,2-6H3. The van der Waals surface area contributed by atoms with Crippen LogP contribution in [0.2, 0.25) is 0 Å². The van der Waals surface area contributed by atoms with Crippen molar-refractivity contribution in [2.45, 2.75) is 64.6 Å². The third kappa shape index (κ3) is 3.43. The van der Waals surface area contributed by atoms with Gasteiger partial charge >= 0.3 is 5.97 Å². The number of nitrogens with zero attached hydrogens (tertiary/aromatic N) is 1. The molecule has 0 atom stereocenters. The highest BCUT2D eigenvalue weighted by Crippen LogP contribution is 2.52. The van der Waals surface area contributed by atoms with E-state index in [9.17, 15) is 4.79 Å². The van der Waals surface area contributed by atoms with E-state index in [4.69, 9.17) is 4.74 Å². The van der Waals surface area contributed by atoms with Crippen molar-refractivity contribution in [3.05, 3.63) is 35.1 Å². The number of thiol groups is 1. The predicted octanol–water partition coefficient (Wildman–Crippen LogP) is 4.08. The van der Waals surface area contributed by atoms with E-state index < -0.39 is 0 Å². The van der Waals surface area contributed by atoms with Crippen molar-refractivity contribution in [2.24, 2.45) is 0 Å². The third-order valence-corrected chi connectivity index (χ3v) is 6.54. The van der Waals surface area contributed by atoms with Gasteiger partial charge in [0.1, 0.15) is 6.10 Å². The topological polar surface area (TPSA) is 29.5 Å². The van der Waals surface area contributed by atoms with Crippen LogP contribution in [-0.4, -0.2) is 27.5 Å². The lowest BCUT2D eigenvalue weighted by Crippen LogP contribution is -2.60. The predicted molar refractivity (Wildman–Crippen MR) is 91.2 cm³/mol. The van der Waals surface area contributed by atoms with Gasteiger partial charge in [-0.1, -0.05) is 18.7 Å². The zero-order valence-corrected chi connectivity index (χ0v) is 14.6. The summed E-state index contributed by atoms with van der Waals surface area (Å²) in [5, 5.41) is 4.58. The molecule has 1 saturated heterocycles. The van der Waals surface area contributed by atoms with Gasteiger partial charge in [0.2, 0.25) is 0 Å². The molecule has 0 aromatic carbocycles. The molecule has 0 amide bonds. The maximum atomic E-state index is 11.8. The Bertz CT molecular complexity index is 475. The largest absolute Gasteiger partial charge is 0.459 e. The second kappa shape index (κ2) is 5.65. The fourth-order valence-corrected chi connectivity index (χ4v) is 5.93. The number of carbonyl (C=O) groups excluding carboxylic acids is 1. The molecule has 0 bridgehead atoms. The molecule has 118 valence electrons. The van der Waals surface area contributed by atoms with Crippen molar-refractivity contribution in [1.82, 2.24) is 4.31 Å². The van der Waals surface area contributed by atoms with Gasteiger partial charge in [0.15, 0.2) is 0 Å². The molecule has 0 aromatic heterocycles. The van der Waals surface area contributed by atoms with Crippen molar-refractivity contribution in [3.8, 4) is 0 Å². The Hall–Kier alpha value is -1.00. The minimum absolute atomic E-state index is 0.00745. The summed E-state index contributed by atoms with van der Waals surface area (Å²) in [6.45, 7) is 14.4. The van der Waals surface area contributed by atoms with Crippen LogP contribution in [0.15, 0.2) is 35.1 Å². The van der Waals surface area contributed by atoms with Crippen LogP contribution < -0.4 is 0 Å². The van der Waals surface area contributed by atoms with Crippen LogP contribution in [0.25, 0.3) is 0 Å². The molecule has 0 saturated carbocycles. The van der Waals surface area contributed by atoms with E-state index in [0.29, 0.717) is 5.57 Å². The Morgan fingerprint density at radius 3 is 2.10 bits per heavy atom. The summed E-state index contributed by atoms with van der Waals surface area (Å²) < 4.78 is 8.24. The number of rotatable bonds is 3. The Morgan fingerprint density at radius 1 is 1.19 bits per heavy atom. The lowest BCUT2D eigenvalue weighted by atomic mass is 9.81. The number of ether oxygens (including phenoxy) is 1. The zero-order chi connectivity index (χ0) is 15.8. The number of hydrogen-bond acceptors (Lipinski definition) is 3. The molecule has 2 rings (SSSR count). The van der Waals surface area contributed by atoms with Crippen LogP contribution >= 0.6 is 11.1 Å². The highest BCUT2D eigenvalue weighted by atomic mass is 32.2. The van der Waals surface area contributed by atoms with Crippen LogP contribution in [-0.2, 0) is 9.53 Å². The van der Waals surface area contributed by atoms with E-state index in [1.807, 2.05) is 0 Å². The normalized spacial score (nSPS) is 26.0. The summed E-state index contributed by atoms with van der Waals surface area (Å²) in [5.74, 6) is -0.272. The lowest BCUT2D eigenvalue weighted by Gasteiger charge is -2.57. The van der Waals surface area contributed by atoms with Crippen molar-refractivity contribution in [2.75, 3.05) is 0 Å². The molecule has 0 N–H and O–H groups in total. The average molecular weight is 309 g/mol. The second-order valence-corrected chi connectivity index (χ2v) is 8.97. The molecule has 3 nitrogen and oxygen atoms in total. The number of esters is 1. The van der Waals surface area contributed by atoms with Crippen LogP contribution in [0.5, 0.6) is 0 Å². The van der Waals surface area contributed by atoms with E-state index in [-0.39, 0.29) is 34.2 Å². The summed E-state index contributed by atoms with van der Waals surface area (Å²) in [7, 11) is 0. The number of allylic oxidation sites excluding steroid dienone is 2. The molecule has 0 unspecified atom stereocenters. The van der Waals surface area contributed by atoms with Crippen LogP contribution in [0.3, 0.4) is 0 Å². The van der Waals surface area contributed by atoms with Gasteiger partial charge in [-0.25, -0.2) is 4.79 Å². The fraction of sp³-hybridized carbons (Fsp3) is 0.588. The molecular weight excluding hydrogens is 282 g/mol. The van der Waals surface area contributed by atoms with Crippen LogP contribution in [0, 0.1) is 0 Å². The average Bonchev–Trinajstić information content (AvgIpc) is 2.78. The van der Waals surface area contributed by atoms with Gasteiger partial charge in [0, 0.05) is 29.5 Å².